The normalized spacial score (nSPS) is 14.5. The Morgan fingerprint density at radius 2 is 1.74 bits per heavy atom. The third kappa shape index (κ3) is 6.21. The zero-order valence-corrected chi connectivity index (χ0v) is 21.3. The number of nitrogens with zero attached hydrogens (tertiary/aromatic N) is 4. The summed E-state index contributed by atoms with van der Waals surface area (Å²) < 4.78 is 19.5. The molecule has 1 amide bonds. The molecule has 0 N–H and O–H groups in total. The van der Waals surface area contributed by atoms with Gasteiger partial charge in [-0.25, -0.2) is 4.39 Å². The van der Waals surface area contributed by atoms with Gasteiger partial charge in [0.15, 0.2) is 0 Å². The number of halogens is 2. The van der Waals surface area contributed by atoms with Crippen LogP contribution in [0.2, 0.25) is 5.02 Å². The van der Waals surface area contributed by atoms with Crippen LogP contribution in [0.1, 0.15) is 36.2 Å². The number of carbonyl (C=O) groups excluding carboxylic acids is 1. The van der Waals surface area contributed by atoms with E-state index in [1.165, 1.54) is 12.1 Å². The smallest absolute Gasteiger partial charge is 0.254 e. The van der Waals surface area contributed by atoms with E-state index in [-0.39, 0.29) is 11.7 Å². The minimum atomic E-state index is -0.311. The van der Waals surface area contributed by atoms with Gasteiger partial charge in [-0.15, -0.1) is 0 Å². The van der Waals surface area contributed by atoms with Gasteiger partial charge in [0.25, 0.3) is 5.91 Å². The van der Waals surface area contributed by atoms with Crippen molar-refractivity contribution >= 4 is 23.4 Å². The molecule has 0 saturated carbocycles. The quantitative estimate of drug-likeness (QED) is 0.406. The molecular weight excluding hydrogens is 467 g/mol. The molecule has 2 aromatic carbocycles. The fourth-order valence-corrected chi connectivity index (χ4v) is 4.29. The second-order valence-corrected chi connectivity index (χ2v) is 9.96. The van der Waals surface area contributed by atoms with Crippen molar-refractivity contribution in [2.24, 2.45) is 5.92 Å². The third-order valence-electron chi connectivity index (χ3n) is 6.38. The lowest BCUT2D eigenvalue weighted by atomic mass is 10.0. The van der Waals surface area contributed by atoms with E-state index in [1.807, 2.05) is 4.90 Å². The van der Waals surface area contributed by atoms with Crippen molar-refractivity contribution in [3.8, 4) is 11.3 Å². The molecule has 1 aliphatic rings. The topological polar surface area (TPSA) is 52.8 Å². The van der Waals surface area contributed by atoms with E-state index in [4.69, 9.17) is 16.1 Å². The van der Waals surface area contributed by atoms with Crippen molar-refractivity contribution in [1.82, 2.24) is 15.0 Å². The van der Waals surface area contributed by atoms with Crippen LogP contribution in [0, 0.1) is 11.7 Å². The van der Waals surface area contributed by atoms with Crippen molar-refractivity contribution in [2.75, 3.05) is 44.7 Å². The lowest BCUT2D eigenvalue weighted by Gasteiger charge is -2.33. The van der Waals surface area contributed by atoms with E-state index in [1.54, 1.807) is 36.4 Å². The van der Waals surface area contributed by atoms with Crippen LogP contribution >= 0.6 is 11.6 Å². The summed E-state index contributed by atoms with van der Waals surface area (Å²) in [5, 5.41) is 4.98. The SMILES string of the molecule is CC(C)CCN(Cc1c(-c2ccc(F)cc2)noc1N1CCN(C)CC1)C(=O)c1ccc(Cl)cc1. The number of carbonyl (C=O) groups is 1. The number of piperazine rings is 1. The molecule has 8 heteroatoms. The molecular formula is C27H32ClFN4O2. The standard InChI is InChI=1S/C27H32ClFN4O2/c1-19(2)12-13-33(26(34)21-4-8-22(28)9-5-21)18-24-25(20-6-10-23(29)11-7-20)30-35-27(24)32-16-14-31(3)15-17-32/h4-11,19H,12-18H2,1-3H3. The third-order valence-corrected chi connectivity index (χ3v) is 6.63. The van der Waals surface area contributed by atoms with Crippen molar-refractivity contribution in [2.45, 2.75) is 26.8 Å². The maximum atomic E-state index is 13.6. The van der Waals surface area contributed by atoms with Crippen LogP contribution in [0.15, 0.2) is 53.1 Å². The predicted molar refractivity (Wildman–Crippen MR) is 137 cm³/mol. The first-order chi connectivity index (χ1) is 16.8. The monoisotopic (exact) mass is 498 g/mol. The van der Waals surface area contributed by atoms with Crippen molar-refractivity contribution in [3.05, 3.63) is 70.5 Å². The fraction of sp³-hybridized carbons (Fsp3) is 0.407. The van der Waals surface area contributed by atoms with Crippen molar-refractivity contribution in [3.63, 3.8) is 0 Å². The molecule has 1 aliphatic heterocycles. The number of aromatic nitrogens is 1. The lowest BCUT2D eigenvalue weighted by molar-refractivity contribution is 0.0735. The van der Waals surface area contributed by atoms with E-state index >= 15 is 0 Å². The van der Waals surface area contributed by atoms with Crippen molar-refractivity contribution in [1.29, 1.82) is 0 Å². The highest BCUT2D eigenvalue weighted by molar-refractivity contribution is 6.30. The Balaban J connectivity index is 1.71. The van der Waals surface area contributed by atoms with E-state index in [0.29, 0.717) is 41.2 Å². The van der Waals surface area contributed by atoms with Gasteiger partial charge in [0.1, 0.15) is 11.5 Å². The molecule has 186 valence electrons. The molecule has 35 heavy (non-hydrogen) atoms. The number of rotatable bonds is 8. The molecule has 1 saturated heterocycles. The largest absolute Gasteiger partial charge is 0.338 e. The molecule has 0 atom stereocenters. The Labute approximate surface area is 211 Å². The van der Waals surface area contributed by atoms with Crippen LogP contribution in [0.4, 0.5) is 10.3 Å². The van der Waals surface area contributed by atoms with Gasteiger partial charge in [0.2, 0.25) is 5.88 Å². The van der Waals surface area contributed by atoms with E-state index in [2.05, 4.69) is 35.9 Å². The Morgan fingerprint density at radius 1 is 1.09 bits per heavy atom. The zero-order valence-electron chi connectivity index (χ0n) is 20.5. The molecule has 0 aliphatic carbocycles. The number of likely N-dealkylation sites (N-methyl/N-ethyl adjacent to an activating group) is 1. The summed E-state index contributed by atoms with van der Waals surface area (Å²) in [7, 11) is 2.10. The molecule has 3 aromatic rings. The minimum absolute atomic E-state index is 0.0714. The van der Waals surface area contributed by atoms with Crippen LogP contribution in [-0.2, 0) is 6.54 Å². The summed E-state index contributed by atoms with van der Waals surface area (Å²) in [6, 6.07) is 13.2. The molecule has 0 unspecified atom stereocenters. The average molecular weight is 499 g/mol. The average Bonchev–Trinajstić information content (AvgIpc) is 3.26. The van der Waals surface area contributed by atoms with Gasteiger partial charge in [0.05, 0.1) is 12.1 Å². The fourth-order valence-electron chi connectivity index (χ4n) is 4.17. The summed E-state index contributed by atoms with van der Waals surface area (Å²) in [5.41, 5.74) is 2.82. The first-order valence-corrected chi connectivity index (χ1v) is 12.4. The molecule has 0 spiro atoms. The van der Waals surface area contributed by atoms with E-state index in [0.717, 1.165) is 43.7 Å². The molecule has 0 bridgehead atoms. The number of hydrogen-bond donors (Lipinski definition) is 0. The molecule has 6 nitrogen and oxygen atoms in total. The van der Waals surface area contributed by atoms with Gasteiger partial charge in [-0.3, -0.25) is 4.79 Å². The van der Waals surface area contributed by atoms with Crippen LogP contribution < -0.4 is 4.90 Å². The maximum Gasteiger partial charge on any atom is 0.254 e. The Bertz CT molecular complexity index is 1120. The van der Waals surface area contributed by atoms with Gasteiger partial charge >= 0.3 is 0 Å². The first kappa shape index (κ1) is 25.2. The van der Waals surface area contributed by atoms with Crippen molar-refractivity contribution < 1.29 is 13.7 Å². The van der Waals surface area contributed by atoms with Crippen LogP contribution in [0.3, 0.4) is 0 Å². The molecule has 0 radical (unpaired) electrons. The Kier molecular flexibility index (Phi) is 8.08. The summed E-state index contributed by atoms with van der Waals surface area (Å²) in [6.07, 6.45) is 0.861. The van der Waals surface area contributed by atoms with Gasteiger partial charge in [-0.1, -0.05) is 30.6 Å². The highest BCUT2D eigenvalue weighted by Crippen LogP contribution is 2.33. The Morgan fingerprint density at radius 3 is 2.37 bits per heavy atom. The molecule has 1 aromatic heterocycles. The molecule has 4 rings (SSSR count). The summed E-state index contributed by atoms with van der Waals surface area (Å²) in [6.45, 7) is 8.65. The number of amides is 1. The predicted octanol–water partition coefficient (Wildman–Crippen LogP) is 5.57. The Hall–Kier alpha value is -2.90. The minimum Gasteiger partial charge on any atom is -0.338 e. The van der Waals surface area contributed by atoms with Crippen LogP contribution in [0.5, 0.6) is 0 Å². The first-order valence-electron chi connectivity index (χ1n) is 12.0. The van der Waals surface area contributed by atoms with E-state index in [9.17, 15) is 9.18 Å². The number of hydrogen-bond acceptors (Lipinski definition) is 5. The number of anilines is 1. The van der Waals surface area contributed by atoms with E-state index < -0.39 is 0 Å². The van der Waals surface area contributed by atoms with Gasteiger partial charge in [-0.05, 0) is 67.9 Å². The lowest BCUT2D eigenvalue weighted by Crippen LogP contribution is -2.45. The molecule has 1 fully saturated rings. The van der Waals surface area contributed by atoms with Crippen LogP contribution in [0.25, 0.3) is 11.3 Å². The zero-order chi connectivity index (χ0) is 24.9. The van der Waals surface area contributed by atoms with Gasteiger partial charge in [0, 0.05) is 48.9 Å². The summed E-state index contributed by atoms with van der Waals surface area (Å²) in [4.78, 5) is 19.9. The summed E-state index contributed by atoms with van der Waals surface area (Å²) >= 11 is 6.05. The maximum absolute atomic E-state index is 13.6. The van der Waals surface area contributed by atoms with Gasteiger partial charge < -0.3 is 19.2 Å². The highest BCUT2D eigenvalue weighted by atomic mass is 35.5. The molecule has 2 heterocycles. The second kappa shape index (κ2) is 11.2. The van der Waals surface area contributed by atoms with Crippen LogP contribution in [-0.4, -0.2) is 60.6 Å². The second-order valence-electron chi connectivity index (χ2n) is 9.53. The van der Waals surface area contributed by atoms with Gasteiger partial charge in [-0.2, -0.15) is 0 Å². The summed E-state index contributed by atoms with van der Waals surface area (Å²) in [5.74, 6) is 0.731. The highest BCUT2D eigenvalue weighted by Gasteiger charge is 2.28. The number of benzene rings is 2.